The number of ether oxygens (including phenoxy) is 1. The van der Waals surface area contributed by atoms with Crippen LogP contribution in [-0.2, 0) is 4.74 Å². The van der Waals surface area contributed by atoms with Crippen LogP contribution in [0.5, 0.6) is 0 Å². The van der Waals surface area contributed by atoms with Crippen molar-refractivity contribution in [2.24, 2.45) is 22.1 Å². The van der Waals surface area contributed by atoms with Crippen LogP contribution in [-0.4, -0.2) is 30.2 Å². The van der Waals surface area contributed by atoms with E-state index in [9.17, 15) is 0 Å². The molecule has 1 aliphatic carbocycles. The Morgan fingerprint density at radius 1 is 1.41 bits per heavy atom. The fourth-order valence-electron chi connectivity index (χ4n) is 3.78. The molecule has 6 heteroatoms. The lowest BCUT2D eigenvalue weighted by Crippen LogP contribution is -2.63. The molecule has 0 aromatic carbocycles. The van der Waals surface area contributed by atoms with Gasteiger partial charge in [-0.2, -0.15) is 0 Å². The molecule has 2 rings (SSSR count). The summed E-state index contributed by atoms with van der Waals surface area (Å²) in [6.07, 6.45) is 4.06. The van der Waals surface area contributed by atoms with Gasteiger partial charge in [0.1, 0.15) is 5.82 Å². The average Bonchev–Trinajstić information content (AvgIpc) is 2.51. The van der Waals surface area contributed by atoms with Crippen LogP contribution in [0, 0.1) is 11.3 Å². The molecule has 3 atom stereocenters. The number of methoxy groups -OCH3 is 1. The molecule has 0 aliphatic heterocycles. The van der Waals surface area contributed by atoms with E-state index >= 15 is 0 Å². The minimum atomic E-state index is 0. The van der Waals surface area contributed by atoms with Crippen molar-refractivity contribution in [1.82, 2.24) is 4.98 Å². The lowest BCUT2D eigenvalue weighted by atomic mass is 9.53. The second-order valence-corrected chi connectivity index (χ2v) is 5.75. The van der Waals surface area contributed by atoms with Crippen LogP contribution in [0.15, 0.2) is 29.4 Å². The third-order valence-electron chi connectivity index (χ3n) is 4.90. The summed E-state index contributed by atoms with van der Waals surface area (Å²) >= 11 is 0. The maximum absolute atomic E-state index is 6.05. The minimum absolute atomic E-state index is 0. The van der Waals surface area contributed by atoms with Gasteiger partial charge in [0.2, 0.25) is 0 Å². The summed E-state index contributed by atoms with van der Waals surface area (Å²) in [5.74, 6) is 1.51. The van der Waals surface area contributed by atoms with Gasteiger partial charge in [-0.1, -0.05) is 26.8 Å². The van der Waals surface area contributed by atoms with E-state index in [1.54, 1.807) is 13.3 Å². The number of pyridine rings is 1. The molecule has 1 aromatic heterocycles. The maximum Gasteiger partial charge on any atom is 0.194 e. The number of aliphatic imine (C=N–C) groups is 1. The lowest BCUT2D eigenvalue weighted by molar-refractivity contribution is -0.156. The van der Waals surface area contributed by atoms with Crippen molar-refractivity contribution in [2.75, 3.05) is 12.4 Å². The molecule has 1 aromatic rings. The van der Waals surface area contributed by atoms with Gasteiger partial charge in [-0.25, -0.2) is 9.98 Å². The molecule has 1 saturated carbocycles. The smallest absolute Gasteiger partial charge is 0.194 e. The highest BCUT2D eigenvalue weighted by molar-refractivity contribution is 14.0. The molecule has 1 aliphatic rings. The molecule has 0 amide bonds. The molecule has 0 radical (unpaired) electrons. The average molecular weight is 418 g/mol. The zero-order valence-electron chi connectivity index (χ0n) is 13.7. The maximum atomic E-state index is 6.05. The normalized spacial score (nSPS) is 26.7. The van der Waals surface area contributed by atoms with E-state index in [-0.39, 0.29) is 41.5 Å². The third-order valence-corrected chi connectivity index (χ3v) is 4.90. The van der Waals surface area contributed by atoms with Crippen LogP contribution in [0.4, 0.5) is 5.82 Å². The van der Waals surface area contributed by atoms with Crippen molar-refractivity contribution < 1.29 is 4.74 Å². The highest BCUT2D eigenvalue weighted by atomic mass is 127. The minimum Gasteiger partial charge on any atom is -0.380 e. The van der Waals surface area contributed by atoms with Gasteiger partial charge in [0.05, 0.1) is 12.1 Å². The lowest BCUT2D eigenvalue weighted by Gasteiger charge is -2.57. The standard InChI is InChI=1S/C16H26N4O.HI/c1-5-16(6-2)13(11(3)14(16)21-4)20-15(17)19-12-9-7-8-10-18-12;/h7-11,13-14H,5-6H2,1-4H3,(H3,17,18,19,20);1H. The Hall–Kier alpha value is -0.890. The quantitative estimate of drug-likeness (QED) is 0.438. The Kier molecular flexibility index (Phi) is 7.05. The van der Waals surface area contributed by atoms with Gasteiger partial charge in [-0.15, -0.1) is 24.0 Å². The highest BCUT2D eigenvalue weighted by Crippen LogP contribution is 2.54. The summed E-state index contributed by atoms with van der Waals surface area (Å²) in [4.78, 5) is 8.92. The first kappa shape index (κ1) is 19.2. The number of halogens is 1. The number of hydrogen-bond acceptors (Lipinski definition) is 3. The van der Waals surface area contributed by atoms with Gasteiger partial charge >= 0.3 is 0 Å². The topological polar surface area (TPSA) is 72.5 Å². The van der Waals surface area contributed by atoms with Crippen molar-refractivity contribution in [1.29, 1.82) is 0 Å². The molecule has 5 nitrogen and oxygen atoms in total. The van der Waals surface area contributed by atoms with E-state index in [2.05, 4.69) is 31.1 Å². The van der Waals surface area contributed by atoms with Gasteiger partial charge in [0.25, 0.3) is 0 Å². The van der Waals surface area contributed by atoms with E-state index in [0.717, 1.165) is 12.8 Å². The van der Waals surface area contributed by atoms with E-state index in [1.165, 1.54) is 0 Å². The molecule has 3 unspecified atom stereocenters. The highest BCUT2D eigenvalue weighted by Gasteiger charge is 2.58. The molecule has 0 spiro atoms. The number of rotatable bonds is 5. The first-order valence-electron chi connectivity index (χ1n) is 7.63. The summed E-state index contributed by atoms with van der Waals surface area (Å²) in [5.41, 5.74) is 6.14. The van der Waals surface area contributed by atoms with Crippen molar-refractivity contribution in [2.45, 2.75) is 45.8 Å². The molecule has 22 heavy (non-hydrogen) atoms. The summed E-state index contributed by atoms with van der Waals surface area (Å²) in [6, 6.07) is 5.85. The van der Waals surface area contributed by atoms with E-state index in [1.807, 2.05) is 18.2 Å². The van der Waals surface area contributed by atoms with Gasteiger partial charge in [0, 0.05) is 24.6 Å². The van der Waals surface area contributed by atoms with Crippen LogP contribution < -0.4 is 11.1 Å². The number of anilines is 1. The van der Waals surface area contributed by atoms with Crippen molar-refractivity contribution in [3.8, 4) is 0 Å². The predicted molar refractivity (Wildman–Crippen MR) is 102 cm³/mol. The van der Waals surface area contributed by atoms with Crippen LogP contribution >= 0.6 is 24.0 Å². The second-order valence-electron chi connectivity index (χ2n) is 5.75. The van der Waals surface area contributed by atoms with E-state index in [4.69, 9.17) is 15.5 Å². The second kappa shape index (κ2) is 8.10. The molecular formula is C16H27IN4O. The van der Waals surface area contributed by atoms with Gasteiger partial charge in [-0.05, 0) is 25.0 Å². The fourth-order valence-corrected chi connectivity index (χ4v) is 3.78. The molecular weight excluding hydrogens is 391 g/mol. The molecule has 1 fully saturated rings. The molecule has 0 bridgehead atoms. The van der Waals surface area contributed by atoms with Crippen LogP contribution in [0.3, 0.4) is 0 Å². The first-order chi connectivity index (χ1) is 10.1. The van der Waals surface area contributed by atoms with Crippen molar-refractivity contribution in [3.63, 3.8) is 0 Å². The van der Waals surface area contributed by atoms with Crippen molar-refractivity contribution >= 4 is 35.8 Å². The van der Waals surface area contributed by atoms with Crippen LogP contribution in [0.2, 0.25) is 0 Å². The largest absolute Gasteiger partial charge is 0.380 e. The number of aromatic nitrogens is 1. The summed E-state index contributed by atoms with van der Waals surface area (Å²) in [6.45, 7) is 6.58. The number of hydrogen-bond donors (Lipinski definition) is 2. The number of guanidine groups is 1. The van der Waals surface area contributed by atoms with Crippen LogP contribution in [0.1, 0.15) is 33.6 Å². The Balaban J connectivity index is 0.00000242. The Morgan fingerprint density at radius 3 is 2.59 bits per heavy atom. The van der Waals surface area contributed by atoms with Crippen LogP contribution in [0.25, 0.3) is 0 Å². The zero-order valence-corrected chi connectivity index (χ0v) is 16.1. The zero-order chi connectivity index (χ0) is 15.5. The summed E-state index contributed by atoms with van der Waals surface area (Å²) in [5, 5.41) is 3.06. The Labute approximate surface area is 150 Å². The Bertz CT molecular complexity index is 490. The predicted octanol–water partition coefficient (Wildman–Crippen LogP) is 3.27. The van der Waals surface area contributed by atoms with E-state index < -0.39 is 0 Å². The monoisotopic (exact) mass is 418 g/mol. The molecule has 124 valence electrons. The van der Waals surface area contributed by atoms with E-state index in [0.29, 0.717) is 17.7 Å². The number of nitrogens with one attached hydrogen (secondary N) is 1. The van der Waals surface area contributed by atoms with Gasteiger partial charge < -0.3 is 15.8 Å². The Morgan fingerprint density at radius 2 is 2.09 bits per heavy atom. The summed E-state index contributed by atoms with van der Waals surface area (Å²) in [7, 11) is 1.79. The van der Waals surface area contributed by atoms with Gasteiger partial charge in [0.15, 0.2) is 5.96 Å². The SMILES string of the molecule is CCC1(CC)C(N=C(N)Nc2ccccn2)C(C)C1OC.I. The first-order valence-corrected chi connectivity index (χ1v) is 7.63. The third kappa shape index (κ3) is 3.37. The van der Waals surface area contributed by atoms with Gasteiger partial charge in [-0.3, -0.25) is 0 Å². The number of nitrogens with two attached hydrogens (primary N) is 1. The number of nitrogens with zero attached hydrogens (tertiary/aromatic N) is 2. The van der Waals surface area contributed by atoms with Crippen molar-refractivity contribution in [3.05, 3.63) is 24.4 Å². The summed E-state index contributed by atoms with van der Waals surface area (Å²) < 4.78 is 5.68. The molecule has 1 heterocycles. The molecule has 3 N–H and O–H groups in total. The molecule has 0 saturated heterocycles. The fraction of sp³-hybridized carbons (Fsp3) is 0.625.